The molecule has 0 spiro atoms. The second-order valence-electron chi connectivity index (χ2n) is 5.93. The van der Waals surface area contributed by atoms with Crippen LogP contribution in [0.15, 0.2) is 24.3 Å². The third-order valence-electron chi connectivity index (χ3n) is 4.39. The van der Waals surface area contributed by atoms with Crippen molar-refractivity contribution in [1.82, 2.24) is 4.90 Å². The zero-order valence-electron chi connectivity index (χ0n) is 11.7. The van der Waals surface area contributed by atoms with Crippen molar-refractivity contribution in [2.75, 3.05) is 12.3 Å². The van der Waals surface area contributed by atoms with Crippen LogP contribution in [0.2, 0.25) is 0 Å². The summed E-state index contributed by atoms with van der Waals surface area (Å²) in [5.74, 6) is -1.05. The number of carbonyl (C=O) groups excluding carboxylic acids is 1. The van der Waals surface area contributed by atoms with Gasteiger partial charge in [-0.3, -0.25) is 4.79 Å². The number of hydrogen-bond donors (Lipinski definition) is 0. The van der Waals surface area contributed by atoms with E-state index in [2.05, 4.69) is 6.07 Å². The quantitative estimate of drug-likeness (QED) is 0.804. The molecule has 6 heteroatoms. The van der Waals surface area contributed by atoms with Crippen molar-refractivity contribution in [3.8, 4) is 0 Å². The average molecular weight is 311 g/mol. The molecule has 1 fully saturated rings. The van der Waals surface area contributed by atoms with Crippen molar-refractivity contribution < 1.29 is 17.1 Å². The molecule has 0 radical (unpaired) electrons. The van der Waals surface area contributed by atoms with Gasteiger partial charge >= 0.3 is 10.2 Å². The minimum Gasteiger partial charge on any atom is -0.335 e. The second kappa shape index (κ2) is 5.40. The van der Waals surface area contributed by atoms with Crippen molar-refractivity contribution in [1.29, 1.82) is 0 Å². The highest BCUT2D eigenvalue weighted by Crippen LogP contribution is 2.37. The molecule has 21 heavy (non-hydrogen) atoms. The van der Waals surface area contributed by atoms with E-state index >= 15 is 0 Å². The van der Waals surface area contributed by atoms with Crippen molar-refractivity contribution in [3.05, 3.63) is 35.4 Å². The smallest absolute Gasteiger partial charge is 0.302 e. The Labute approximate surface area is 124 Å². The van der Waals surface area contributed by atoms with Gasteiger partial charge in [0.05, 0.1) is 11.8 Å². The molecule has 0 bridgehead atoms. The Morgan fingerprint density at radius 1 is 1.29 bits per heavy atom. The number of nitrogens with zero attached hydrogens (tertiary/aromatic N) is 1. The maximum atomic E-state index is 12.8. The number of hydrogen-bond acceptors (Lipinski definition) is 3. The molecule has 1 saturated heterocycles. The maximum Gasteiger partial charge on any atom is 0.302 e. The second-order valence-corrected chi connectivity index (χ2v) is 7.34. The molecule has 114 valence electrons. The predicted octanol–water partition coefficient (Wildman–Crippen LogP) is 2.21. The fourth-order valence-electron chi connectivity index (χ4n) is 3.56. The number of amides is 1. The van der Waals surface area contributed by atoms with Crippen molar-refractivity contribution in [2.24, 2.45) is 5.92 Å². The molecule has 1 aliphatic heterocycles. The van der Waals surface area contributed by atoms with Gasteiger partial charge in [0.15, 0.2) is 0 Å². The first kappa shape index (κ1) is 14.5. The maximum absolute atomic E-state index is 12.8. The van der Waals surface area contributed by atoms with Crippen LogP contribution in [0.25, 0.3) is 0 Å². The van der Waals surface area contributed by atoms with E-state index in [0.717, 1.165) is 24.8 Å². The molecule has 1 heterocycles. The van der Waals surface area contributed by atoms with Gasteiger partial charge in [-0.1, -0.05) is 24.3 Å². The summed E-state index contributed by atoms with van der Waals surface area (Å²) in [6, 6.07) is 8.07. The summed E-state index contributed by atoms with van der Waals surface area (Å²) in [5.41, 5.74) is 2.41. The number of benzene rings is 1. The first-order valence-corrected chi connectivity index (χ1v) is 8.79. The van der Waals surface area contributed by atoms with E-state index in [9.17, 15) is 17.1 Å². The lowest BCUT2D eigenvalue weighted by molar-refractivity contribution is -0.130. The summed E-state index contributed by atoms with van der Waals surface area (Å²) in [4.78, 5) is 13.9. The Morgan fingerprint density at radius 3 is 2.81 bits per heavy atom. The fourth-order valence-corrected chi connectivity index (χ4v) is 4.34. The minimum atomic E-state index is -4.52. The Bertz CT molecular complexity index is 659. The van der Waals surface area contributed by atoms with Gasteiger partial charge < -0.3 is 4.90 Å². The van der Waals surface area contributed by atoms with Gasteiger partial charge in [-0.2, -0.15) is 8.42 Å². The van der Waals surface area contributed by atoms with Crippen LogP contribution >= 0.6 is 0 Å². The molecule has 2 atom stereocenters. The first-order chi connectivity index (χ1) is 9.94. The largest absolute Gasteiger partial charge is 0.335 e. The molecule has 4 nitrogen and oxygen atoms in total. The van der Waals surface area contributed by atoms with Crippen molar-refractivity contribution in [2.45, 2.75) is 31.7 Å². The number of rotatable bonds is 3. The van der Waals surface area contributed by atoms with Crippen LogP contribution in [-0.2, 0) is 21.4 Å². The Balaban J connectivity index is 1.81. The van der Waals surface area contributed by atoms with E-state index < -0.39 is 21.9 Å². The zero-order chi connectivity index (χ0) is 15.0. The molecule has 3 rings (SSSR count). The molecule has 1 aromatic carbocycles. The van der Waals surface area contributed by atoms with Crippen molar-refractivity contribution in [3.63, 3.8) is 0 Å². The van der Waals surface area contributed by atoms with E-state index in [1.54, 1.807) is 4.90 Å². The van der Waals surface area contributed by atoms with Gasteiger partial charge in [-0.25, -0.2) is 0 Å². The number of halogens is 1. The molecule has 0 N–H and O–H groups in total. The summed E-state index contributed by atoms with van der Waals surface area (Å²) in [7, 11) is -4.52. The minimum absolute atomic E-state index is 0.00904. The highest BCUT2D eigenvalue weighted by Gasteiger charge is 2.38. The average Bonchev–Trinajstić information content (AvgIpc) is 2.76. The first-order valence-electron chi connectivity index (χ1n) is 7.23. The lowest BCUT2D eigenvalue weighted by Gasteiger charge is -2.33. The van der Waals surface area contributed by atoms with E-state index in [4.69, 9.17) is 0 Å². The summed E-state index contributed by atoms with van der Waals surface area (Å²) in [5, 5.41) is 0. The van der Waals surface area contributed by atoms with E-state index in [1.165, 1.54) is 5.56 Å². The lowest BCUT2D eigenvalue weighted by Crippen LogP contribution is -2.33. The van der Waals surface area contributed by atoms with Gasteiger partial charge in [0, 0.05) is 18.9 Å². The van der Waals surface area contributed by atoms with Crippen LogP contribution in [0.5, 0.6) is 0 Å². The zero-order valence-corrected chi connectivity index (χ0v) is 12.5. The topological polar surface area (TPSA) is 54.5 Å². The molecule has 1 amide bonds. The molecule has 0 aromatic heterocycles. The van der Waals surface area contributed by atoms with Gasteiger partial charge in [0.25, 0.3) is 0 Å². The van der Waals surface area contributed by atoms with Crippen LogP contribution in [0.3, 0.4) is 0 Å². The van der Waals surface area contributed by atoms with Crippen LogP contribution in [-0.4, -0.2) is 31.5 Å². The molecule has 0 saturated carbocycles. The van der Waals surface area contributed by atoms with Crippen LogP contribution in [0.4, 0.5) is 3.89 Å². The lowest BCUT2D eigenvalue weighted by atomic mass is 9.87. The van der Waals surface area contributed by atoms with Crippen LogP contribution in [0, 0.1) is 5.92 Å². The van der Waals surface area contributed by atoms with Crippen molar-refractivity contribution >= 4 is 16.1 Å². The number of carbonyl (C=O) groups is 1. The molecule has 1 unspecified atom stereocenters. The molecular weight excluding hydrogens is 293 g/mol. The van der Waals surface area contributed by atoms with Crippen LogP contribution in [0.1, 0.15) is 36.4 Å². The molecule has 1 aromatic rings. The standard InChI is InChI=1S/C15H18FNO3S/c16-21(19,20)10-11-8-15(18)17(9-11)14-7-3-5-12-4-1-2-6-13(12)14/h1-2,4,6,11,14H,3,5,7-10H2/t11?,14-/m0/s1. The van der Waals surface area contributed by atoms with Gasteiger partial charge in [0.2, 0.25) is 5.91 Å². The van der Waals surface area contributed by atoms with Gasteiger partial charge in [-0.05, 0) is 30.4 Å². The third kappa shape index (κ3) is 3.10. The Morgan fingerprint density at radius 2 is 2.05 bits per heavy atom. The highest BCUT2D eigenvalue weighted by atomic mass is 32.3. The van der Waals surface area contributed by atoms with Crippen LogP contribution < -0.4 is 0 Å². The Kier molecular flexibility index (Phi) is 3.73. The van der Waals surface area contributed by atoms with Gasteiger partial charge in [-0.15, -0.1) is 3.89 Å². The monoisotopic (exact) mass is 311 g/mol. The van der Waals surface area contributed by atoms with E-state index in [1.807, 2.05) is 18.2 Å². The van der Waals surface area contributed by atoms with E-state index in [-0.39, 0.29) is 18.4 Å². The summed E-state index contributed by atoms with van der Waals surface area (Å²) >= 11 is 0. The number of likely N-dealkylation sites (tertiary alicyclic amines) is 1. The highest BCUT2D eigenvalue weighted by molar-refractivity contribution is 7.86. The predicted molar refractivity (Wildman–Crippen MR) is 76.8 cm³/mol. The third-order valence-corrected chi connectivity index (χ3v) is 5.26. The van der Waals surface area contributed by atoms with Gasteiger partial charge in [0.1, 0.15) is 0 Å². The molecular formula is C15H18FNO3S. The molecule has 1 aliphatic carbocycles. The normalized spacial score (nSPS) is 26.0. The Hall–Kier alpha value is -1.43. The summed E-state index contributed by atoms with van der Waals surface area (Å²) in [6.45, 7) is 0.334. The number of fused-ring (bicyclic) bond motifs is 1. The summed E-state index contributed by atoms with van der Waals surface area (Å²) < 4.78 is 34.4. The number of aryl methyl sites for hydroxylation is 1. The fraction of sp³-hybridized carbons (Fsp3) is 0.533. The van der Waals surface area contributed by atoms with E-state index in [0.29, 0.717) is 6.54 Å². The SMILES string of the molecule is O=C1CC(CS(=O)(=O)F)CN1[C@H]1CCCc2ccccc21. The summed E-state index contributed by atoms with van der Waals surface area (Å²) in [6.07, 6.45) is 3.04. The molecule has 2 aliphatic rings.